The van der Waals surface area contributed by atoms with Crippen molar-refractivity contribution in [2.24, 2.45) is 0 Å². The molecule has 0 unspecified atom stereocenters. The largest absolute Gasteiger partial charge is 0.270 e. The van der Waals surface area contributed by atoms with Gasteiger partial charge in [0.15, 0.2) is 23.3 Å². The lowest BCUT2D eigenvalue weighted by atomic mass is 10.1. The van der Waals surface area contributed by atoms with Crippen LogP contribution in [0.5, 0.6) is 0 Å². The molecular weight excluding hydrogens is 316 g/mol. The van der Waals surface area contributed by atoms with Crippen LogP contribution in [0.3, 0.4) is 0 Å². The number of pyridine rings is 1. The fraction of sp³-hybridized carbons (Fsp3) is 0.133. The number of halogens is 4. The smallest absolute Gasteiger partial charge is 0.268 e. The Morgan fingerprint density at radius 2 is 1.30 bits per heavy atom. The third kappa shape index (κ3) is 2.01. The second-order valence-electron chi connectivity index (χ2n) is 5.10. The number of rotatable bonds is 1. The molecule has 1 aliphatic heterocycles. The molecule has 3 rings (SSSR count). The van der Waals surface area contributed by atoms with Crippen LogP contribution in [-0.4, -0.2) is 16.8 Å². The average molecular weight is 324 g/mol. The number of hydrogen-bond donors (Lipinski definition) is 0. The van der Waals surface area contributed by atoms with Crippen LogP contribution in [0.1, 0.15) is 32.0 Å². The van der Waals surface area contributed by atoms with Crippen molar-refractivity contribution in [3.05, 3.63) is 57.8 Å². The van der Waals surface area contributed by atoms with E-state index >= 15 is 0 Å². The molecule has 0 bridgehead atoms. The van der Waals surface area contributed by atoms with Crippen molar-refractivity contribution in [2.45, 2.75) is 13.8 Å². The molecule has 23 heavy (non-hydrogen) atoms. The third-order valence-electron chi connectivity index (χ3n) is 3.41. The number of anilines is 1. The Bertz CT molecular complexity index is 829. The van der Waals surface area contributed by atoms with E-state index in [1.54, 1.807) is 19.9 Å². The maximum atomic E-state index is 13.8. The first-order chi connectivity index (χ1) is 10.7. The van der Waals surface area contributed by atoms with E-state index in [9.17, 15) is 27.2 Å². The van der Waals surface area contributed by atoms with E-state index < -0.39 is 46.2 Å². The van der Waals surface area contributed by atoms with Gasteiger partial charge >= 0.3 is 0 Å². The monoisotopic (exact) mass is 324 g/mol. The molecule has 4 nitrogen and oxygen atoms in total. The summed E-state index contributed by atoms with van der Waals surface area (Å²) in [6, 6.07) is 3.00. The second kappa shape index (κ2) is 4.87. The molecule has 1 aromatic heterocycles. The van der Waals surface area contributed by atoms with Crippen LogP contribution in [0.15, 0.2) is 12.1 Å². The first kappa shape index (κ1) is 15.1. The average Bonchev–Trinajstić information content (AvgIpc) is 2.73. The Hall–Kier alpha value is -2.77. The molecule has 8 heteroatoms. The molecule has 1 aliphatic rings. The molecule has 2 aromatic rings. The highest BCUT2D eigenvalue weighted by Gasteiger charge is 2.45. The zero-order valence-corrected chi connectivity index (χ0v) is 11.9. The summed E-state index contributed by atoms with van der Waals surface area (Å²) >= 11 is 0. The molecule has 2 heterocycles. The normalized spacial score (nSPS) is 13.7. The van der Waals surface area contributed by atoms with Gasteiger partial charge in [-0.3, -0.25) is 9.59 Å². The van der Waals surface area contributed by atoms with Crippen molar-refractivity contribution in [2.75, 3.05) is 4.90 Å². The predicted molar refractivity (Wildman–Crippen MR) is 71.1 cm³/mol. The van der Waals surface area contributed by atoms with E-state index in [2.05, 4.69) is 4.98 Å². The lowest BCUT2D eigenvalue weighted by Gasteiger charge is -2.13. The Morgan fingerprint density at radius 3 is 1.74 bits per heavy atom. The number of imide groups is 1. The minimum atomic E-state index is -2.14. The number of aryl methyl sites for hydroxylation is 2. The zero-order valence-electron chi connectivity index (χ0n) is 11.9. The van der Waals surface area contributed by atoms with Gasteiger partial charge in [0.25, 0.3) is 11.8 Å². The van der Waals surface area contributed by atoms with E-state index in [4.69, 9.17) is 0 Å². The van der Waals surface area contributed by atoms with E-state index in [1.807, 2.05) is 0 Å². The molecule has 2 amide bonds. The molecule has 0 fully saturated rings. The molecule has 0 saturated carbocycles. The number of aromatic nitrogens is 1. The molecule has 0 aliphatic carbocycles. The zero-order chi connectivity index (χ0) is 17.0. The molecule has 0 N–H and O–H groups in total. The van der Waals surface area contributed by atoms with Gasteiger partial charge < -0.3 is 0 Å². The summed E-state index contributed by atoms with van der Waals surface area (Å²) in [6.45, 7) is 3.26. The fourth-order valence-electron chi connectivity index (χ4n) is 2.49. The fourth-order valence-corrected chi connectivity index (χ4v) is 2.49. The van der Waals surface area contributed by atoms with Crippen LogP contribution in [0.25, 0.3) is 0 Å². The van der Waals surface area contributed by atoms with Gasteiger partial charge in [0.05, 0.1) is 11.1 Å². The number of carbonyl (C=O) groups excluding carboxylic acids is 2. The minimum Gasteiger partial charge on any atom is -0.268 e. The SMILES string of the molecule is Cc1cc(C)nc(N2C(=O)c3c(F)c(F)c(F)c(F)c3C2=O)c1. The van der Waals surface area contributed by atoms with Gasteiger partial charge in [0.1, 0.15) is 5.82 Å². The Balaban J connectivity index is 2.26. The number of carbonyl (C=O) groups is 2. The van der Waals surface area contributed by atoms with Gasteiger partial charge in [0, 0.05) is 5.69 Å². The van der Waals surface area contributed by atoms with Crippen molar-refractivity contribution in [3.63, 3.8) is 0 Å². The van der Waals surface area contributed by atoms with Crippen LogP contribution in [0.2, 0.25) is 0 Å². The van der Waals surface area contributed by atoms with Crippen LogP contribution in [0, 0.1) is 37.1 Å². The van der Waals surface area contributed by atoms with Crippen LogP contribution >= 0.6 is 0 Å². The minimum absolute atomic E-state index is 0.173. The third-order valence-corrected chi connectivity index (χ3v) is 3.41. The van der Waals surface area contributed by atoms with Crippen molar-refractivity contribution in [3.8, 4) is 0 Å². The Kier molecular flexibility index (Phi) is 3.20. The first-order valence-corrected chi connectivity index (χ1v) is 6.44. The maximum absolute atomic E-state index is 13.8. The number of amides is 2. The lowest BCUT2D eigenvalue weighted by molar-refractivity contribution is 0.0923. The van der Waals surface area contributed by atoms with E-state index in [0.29, 0.717) is 16.2 Å². The molecule has 0 saturated heterocycles. The van der Waals surface area contributed by atoms with E-state index in [1.165, 1.54) is 6.07 Å². The summed E-state index contributed by atoms with van der Waals surface area (Å²) in [5, 5.41) is 0. The lowest BCUT2D eigenvalue weighted by Crippen LogP contribution is -2.30. The van der Waals surface area contributed by atoms with Gasteiger partial charge in [0.2, 0.25) is 0 Å². The number of hydrogen-bond acceptors (Lipinski definition) is 3. The van der Waals surface area contributed by atoms with Gasteiger partial charge in [-0.1, -0.05) is 0 Å². The van der Waals surface area contributed by atoms with Gasteiger partial charge in [-0.2, -0.15) is 0 Å². The van der Waals surface area contributed by atoms with E-state index in [0.717, 1.165) is 0 Å². The quantitative estimate of drug-likeness (QED) is 0.351. The van der Waals surface area contributed by atoms with Crippen LogP contribution < -0.4 is 4.90 Å². The molecule has 118 valence electrons. The molecule has 0 radical (unpaired) electrons. The molecular formula is C15H8F4N2O2. The Labute approximate surface area is 127 Å². The summed E-state index contributed by atoms with van der Waals surface area (Å²) in [5.74, 6) is -10.8. The molecule has 0 atom stereocenters. The summed E-state index contributed by atoms with van der Waals surface area (Å²) in [7, 11) is 0. The summed E-state index contributed by atoms with van der Waals surface area (Å²) < 4.78 is 54.3. The highest BCUT2D eigenvalue weighted by molar-refractivity contribution is 6.34. The highest BCUT2D eigenvalue weighted by atomic mass is 19.2. The first-order valence-electron chi connectivity index (χ1n) is 6.44. The van der Waals surface area contributed by atoms with Crippen LogP contribution in [-0.2, 0) is 0 Å². The number of nitrogens with zero attached hydrogens (tertiary/aromatic N) is 2. The predicted octanol–water partition coefficient (Wildman–Crippen LogP) is 3.06. The maximum Gasteiger partial charge on any atom is 0.270 e. The van der Waals surface area contributed by atoms with Gasteiger partial charge in [-0.05, 0) is 31.5 Å². The van der Waals surface area contributed by atoms with Crippen molar-refractivity contribution < 1.29 is 27.2 Å². The van der Waals surface area contributed by atoms with Gasteiger partial charge in [-0.25, -0.2) is 27.4 Å². The highest BCUT2D eigenvalue weighted by Crippen LogP contribution is 2.33. The topological polar surface area (TPSA) is 50.3 Å². The van der Waals surface area contributed by atoms with Crippen molar-refractivity contribution >= 4 is 17.6 Å². The van der Waals surface area contributed by atoms with Crippen LogP contribution in [0.4, 0.5) is 23.4 Å². The summed E-state index contributed by atoms with van der Waals surface area (Å²) in [4.78, 5) is 28.8. The number of benzene rings is 1. The van der Waals surface area contributed by atoms with E-state index in [-0.39, 0.29) is 5.82 Å². The molecule has 0 spiro atoms. The standard InChI is InChI=1S/C15H8F4N2O2/c1-5-3-6(2)20-7(4-5)21-14(22)8-9(15(21)23)11(17)13(19)12(18)10(8)16/h3-4H,1-2H3. The number of fused-ring (bicyclic) bond motifs is 1. The second-order valence-corrected chi connectivity index (χ2v) is 5.10. The molecule has 1 aromatic carbocycles. The van der Waals surface area contributed by atoms with Gasteiger partial charge in [-0.15, -0.1) is 0 Å². The Morgan fingerprint density at radius 1 is 0.826 bits per heavy atom. The van der Waals surface area contributed by atoms with Crippen molar-refractivity contribution in [1.29, 1.82) is 0 Å². The summed E-state index contributed by atoms with van der Waals surface area (Å²) in [5.41, 5.74) is -1.17. The summed E-state index contributed by atoms with van der Waals surface area (Å²) in [6.07, 6.45) is 0. The van der Waals surface area contributed by atoms with Crippen molar-refractivity contribution in [1.82, 2.24) is 4.98 Å².